The van der Waals surface area contributed by atoms with Crippen LogP contribution in [0.15, 0.2) is 52.4 Å². The Labute approximate surface area is 170 Å². The molecular weight excluding hydrogens is 394 g/mol. The molecule has 0 bridgehead atoms. The molecule has 0 amide bonds. The average Bonchev–Trinajstić information content (AvgIpc) is 2.71. The largest absolute Gasteiger partial charge is 0.396 e. The van der Waals surface area contributed by atoms with Gasteiger partial charge in [0.2, 0.25) is 0 Å². The fraction of sp³-hybridized carbons (Fsp3) is 0.250. The van der Waals surface area contributed by atoms with Crippen molar-refractivity contribution in [3.05, 3.63) is 74.1 Å². The van der Waals surface area contributed by atoms with Crippen molar-refractivity contribution in [1.29, 1.82) is 0 Å². The van der Waals surface area contributed by atoms with Crippen LogP contribution >= 0.6 is 11.8 Å². The zero-order valence-electron chi connectivity index (χ0n) is 15.7. The molecule has 150 valence electrons. The highest BCUT2D eigenvalue weighted by Crippen LogP contribution is 2.23. The van der Waals surface area contributed by atoms with Crippen molar-refractivity contribution in [2.24, 2.45) is 0 Å². The number of aromatic nitrogens is 2. The molecule has 3 aromatic rings. The van der Waals surface area contributed by atoms with Crippen LogP contribution in [0.5, 0.6) is 0 Å². The van der Waals surface area contributed by atoms with E-state index in [2.05, 4.69) is 4.98 Å². The molecule has 0 aliphatic rings. The number of nitrogens with zero attached hydrogens (tertiary/aromatic N) is 3. The maximum atomic E-state index is 12.8. The van der Waals surface area contributed by atoms with Crippen molar-refractivity contribution < 1.29 is 14.8 Å². The van der Waals surface area contributed by atoms with E-state index in [1.54, 1.807) is 43.3 Å². The Morgan fingerprint density at radius 2 is 2.03 bits per heavy atom. The minimum absolute atomic E-state index is 0.0237. The predicted molar refractivity (Wildman–Crippen MR) is 111 cm³/mol. The number of Topliss-reactive ketones (excluding diaryl/α,β-unsaturated/α-hetero) is 1. The van der Waals surface area contributed by atoms with E-state index in [9.17, 15) is 19.7 Å². The number of ketones is 1. The normalized spacial score (nSPS) is 11.0. The number of aryl methyl sites for hydroxylation is 1. The standard InChI is InChI=1S/C20H19N3O5S/c1-13-7-8-14(11-17(13)23(27)28)18(25)12-29-20-21-16-6-3-2-5-15(16)19(26)22(20)9-4-10-24/h2-3,5-8,11,24H,4,9-10,12H2,1H3. The van der Waals surface area contributed by atoms with E-state index in [1.807, 2.05) is 0 Å². The molecule has 1 heterocycles. The van der Waals surface area contributed by atoms with Crippen molar-refractivity contribution in [3.63, 3.8) is 0 Å². The van der Waals surface area contributed by atoms with Gasteiger partial charge in [-0.25, -0.2) is 4.98 Å². The first-order valence-electron chi connectivity index (χ1n) is 8.94. The van der Waals surface area contributed by atoms with Crippen molar-refractivity contribution >= 4 is 34.1 Å². The van der Waals surface area contributed by atoms with Crippen LogP contribution in [0, 0.1) is 17.0 Å². The molecule has 1 aromatic heterocycles. The molecule has 29 heavy (non-hydrogen) atoms. The summed E-state index contributed by atoms with van der Waals surface area (Å²) in [5, 5.41) is 21.1. The molecular formula is C20H19N3O5S. The quantitative estimate of drug-likeness (QED) is 0.198. The third-order valence-electron chi connectivity index (χ3n) is 4.43. The van der Waals surface area contributed by atoms with Gasteiger partial charge in [-0.05, 0) is 25.5 Å². The van der Waals surface area contributed by atoms with Crippen LogP contribution in [0.25, 0.3) is 10.9 Å². The second-order valence-corrected chi connectivity index (χ2v) is 7.36. The molecule has 0 saturated heterocycles. The van der Waals surface area contributed by atoms with Gasteiger partial charge < -0.3 is 5.11 Å². The van der Waals surface area contributed by atoms with Gasteiger partial charge in [0.05, 0.1) is 21.6 Å². The highest BCUT2D eigenvalue weighted by molar-refractivity contribution is 7.99. The maximum Gasteiger partial charge on any atom is 0.273 e. The smallest absolute Gasteiger partial charge is 0.273 e. The van der Waals surface area contributed by atoms with Crippen LogP contribution in [0.1, 0.15) is 22.3 Å². The summed E-state index contributed by atoms with van der Waals surface area (Å²) in [6.07, 6.45) is 0.381. The Hall–Kier alpha value is -3.04. The molecule has 0 saturated carbocycles. The van der Waals surface area contributed by atoms with Gasteiger partial charge in [0.25, 0.3) is 11.2 Å². The van der Waals surface area contributed by atoms with Gasteiger partial charge in [0.1, 0.15) is 0 Å². The third-order valence-corrected chi connectivity index (χ3v) is 5.40. The second kappa shape index (κ2) is 8.97. The van der Waals surface area contributed by atoms with E-state index >= 15 is 0 Å². The Balaban J connectivity index is 1.89. The molecule has 1 N–H and O–H groups in total. The molecule has 0 aliphatic heterocycles. The number of benzene rings is 2. The van der Waals surface area contributed by atoms with E-state index in [4.69, 9.17) is 5.11 Å². The lowest BCUT2D eigenvalue weighted by atomic mass is 10.1. The number of carbonyl (C=O) groups is 1. The number of fused-ring (bicyclic) bond motifs is 1. The minimum atomic E-state index is -0.517. The Morgan fingerprint density at radius 3 is 2.76 bits per heavy atom. The first kappa shape index (κ1) is 20.7. The van der Waals surface area contributed by atoms with Crippen LogP contribution in [-0.2, 0) is 6.54 Å². The molecule has 9 heteroatoms. The lowest BCUT2D eigenvalue weighted by Crippen LogP contribution is -2.24. The number of thioether (sulfide) groups is 1. The number of rotatable bonds is 8. The van der Waals surface area contributed by atoms with E-state index in [1.165, 1.54) is 10.6 Å². The highest BCUT2D eigenvalue weighted by atomic mass is 32.2. The van der Waals surface area contributed by atoms with Crippen molar-refractivity contribution in [3.8, 4) is 0 Å². The monoisotopic (exact) mass is 413 g/mol. The molecule has 0 atom stereocenters. The van der Waals surface area contributed by atoms with Crippen molar-refractivity contribution in [2.75, 3.05) is 12.4 Å². The lowest BCUT2D eigenvalue weighted by molar-refractivity contribution is -0.385. The summed E-state index contributed by atoms with van der Waals surface area (Å²) in [4.78, 5) is 40.5. The van der Waals surface area contributed by atoms with Gasteiger partial charge >= 0.3 is 0 Å². The van der Waals surface area contributed by atoms with Crippen LogP contribution < -0.4 is 5.56 Å². The summed E-state index contributed by atoms with van der Waals surface area (Å²) >= 11 is 1.10. The van der Waals surface area contributed by atoms with Gasteiger partial charge in [-0.1, -0.05) is 36.0 Å². The SMILES string of the molecule is Cc1ccc(C(=O)CSc2nc3ccccc3c(=O)n2CCCO)cc1[N+](=O)[O-]. The van der Waals surface area contributed by atoms with E-state index < -0.39 is 4.92 Å². The number of nitro groups is 1. The summed E-state index contributed by atoms with van der Waals surface area (Å²) < 4.78 is 1.45. The predicted octanol–water partition coefficient (Wildman–Crippen LogP) is 2.97. The lowest BCUT2D eigenvalue weighted by Gasteiger charge is -2.12. The summed E-state index contributed by atoms with van der Waals surface area (Å²) in [5.74, 6) is -0.321. The Bertz CT molecular complexity index is 1140. The maximum absolute atomic E-state index is 12.8. The fourth-order valence-corrected chi connectivity index (χ4v) is 3.80. The summed E-state index contributed by atoms with van der Waals surface area (Å²) in [7, 11) is 0. The minimum Gasteiger partial charge on any atom is -0.396 e. The van der Waals surface area contributed by atoms with E-state index in [0.717, 1.165) is 11.8 Å². The van der Waals surface area contributed by atoms with Crippen LogP contribution in [0.4, 0.5) is 5.69 Å². The molecule has 0 spiro atoms. The second-order valence-electron chi connectivity index (χ2n) is 6.42. The summed E-state index contributed by atoms with van der Waals surface area (Å²) in [6.45, 7) is 1.81. The summed E-state index contributed by atoms with van der Waals surface area (Å²) in [5.41, 5.74) is 0.904. The van der Waals surface area contributed by atoms with Crippen LogP contribution in [0.2, 0.25) is 0 Å². The number of aliphatic hydroxyl groups is 1. The number of hydrogen-bond donors (Lipinski definition) is 1. The zero-order valence-corrected chi connectivity index (χ0v) is 16.5. The molecule has 0 aliphatic carbocycles. The van der Waals surface area contributed by atoms with Gasteiger partial charge in [-0.15, -0.1) is 0 Å². The third kappa shape index (κ3) is 4.52. The Morgan fingerprint density at radius 1 is 1.28 bits per heavy atom. The van der Waals surface area contributed by atoms with Gasteiger partial charge in [0, 0.05) is 30.3 Å². The molecule has 3 rings (SSSR count). The van der Waals surface area contributed by atoms with Crippen molar-refractivity contribution in [2.45, 2.75) is 25.0 Å². The first-order chi connectivity index (χ1) is 13.9. The molecule has 8 nitrogen and oxygen atoms in total. The number of nitro benzene ring substituents is 1. The number of aliphatic hydroxyl groups excluding tert-OH is 1. The molecule has 0 unspecified atom stereocenters. The van der Waals surface area contributed by atoms with E-state index in [0.29, 0.717) is 28.0 Å². The summed E-state index contributed by atoms with van der Waals surface area (Å²) in [6, 6.07) is 11.3. The molecule has 0 fully saturated rings. The van der Waals surface area contributed by atoms with E-state index in [-0.39, 0.29) is 41.5 Å². The zero-order chi connectivity index (χ0) is 21.0. The van der Waals surface area contributed by atoms with Crippen LogP contribution in [-0.4, -0.2) is 37.7 Å². The molecule has 0 radical (unpaired) electrons. The number of hydrogen-bond acceptors (Lipinski definition) is 7. The Kier molecular flexibility index (Phi) is 6.40. The van der Waals surface area contributed by atoms with Crippen molar-refractivity contribution in [1.82, 2.24) is 9.55 Å². The number of carbonyl (C=O) groups excluding carboxylic acids is 1. The first-order valence-corrected chi connectivity index (χ1v) is 9.92. The van der Waals surface area contributed by atoms with Gasteiger partial charge in [-0.2, -0.15) is 0 Å². The average molecular weight is 413 g/mol. The molecule has 2 aromatic carbocycles. The van der Waals surface area contributed by atoms with Gasteiger partial charge in [-0.3, -0.25) is 24.3 Å². The highest BCUT2D eigenvalue weighted by Gasteiger charge is 2.17. The van der Waals surface area contributed by atoms with Crippen LogP contribution in [0.3, 0.4) is 0 Å². The fourth-order valence-electron chi connectivity index (χ4n) is 2.88. The topological polar surface area (TPSA) is 115 Å². The number of para-hydroxylation sites is 1. The van der Waals surface area contributed by atoms with Gasteiger partial charge in [0.15, 0.2) is 10.9 Å².